The van der Waals surface area contributed by atoms with Crippen LogP contribution in [0.3, 0.4) is 0 Å². The van der Waals surface area contributed by atoms with Crippen LogP contribution in [0.4, 0.5) is 4.39 Å². The molecular weight excluding hydrogens is 327 g/mol. The predicted molar refractivity (Wildman–Crippen MR) is 88.5 cm³/mol. The number of nitrogens with one attached hydrogen (secondary N) is 2. The van der Waals surface area contributed by atoms with Gasteiger partial charge in [-0.15, -0.1) is 0 Å². The molecule has 0 radical (unpaired) electrons. The van der Waals surface area contributed by atoms with E-state index in [1.165, 1.54) is 12.3 Å². The van der Waals surface area contributed by atoms with Gasteiger partial charge in [0.05, 0.1) is 30.7 Å². The highest BCUT2D eigenvalue weighted by Crippen LogP contribution is 2.25. The van der Waals surface area contributed by atoms with Crippen molar-refractivity contribution in [3.05, 3.63) is 59.4 Å². The molecule has 2 aromatic heterocycles. The van der Waals surface area contributed by atoms with Crippen LogP contribution in [-0.2, 0) is 16.0 Å². The van der Waals surface area contributed by atoms with E-state index < -0.39 is 12.0 Å². The summed E-state index contributed by atoms with van der Waals surface area (Å²) in [7, 11) is 0. The molecule has 1 amide bonds. The normalized spacial score (nSPS) is 12.2. The van der Waals surface area contributed by atoms with Gasteiger partial charge in [0.2, 0.25) is 5.91 Å². The molecule has 0 unspecified atom stereocenters. The molecule has 1 atom stereocenters. The van der Waals surface area contributed by atoms with Crippen LogP contribution in [0.5, 0.6) is 0 Å². The summed E-state index contributed by atoms with van der Waals surface area (Å²) >= 11 is 0. The van der Waals surface area contributed by atoms with E-state index in [1.807, 2.05) is 0 Å². The molecular formula is C18H17FN2O4. The summed E-state index contributed by atoms with van der Waals surface area (Å²) in [5, 5.41) is 12.3. The number of aliphatic carboxylic acids is 1. The molecule has 0 aliphatic carbocycles. The third-order valence-electron chi connectivity index (χ3n) is 4.04. The van der Waals surface area contributed by atoms with E-state index in [0.717, 1.165) is 0 Å². The molecule has 25 heavy (non-hydrogen) atoms. The van der Waals surface area contributed by atoms with E-state index in [2.05, 4.69) is 10.3 Å². The second-order valence-corrected chi connectivity index (χ2v) is 5.80. The van der Waals surface area contributed by atoms with Crippen LogP contribution in [-0.4, -0.2) is 22.0 Å². The van der Waals surface area contributed by atoms with Crippen molar-refractivity contribution >= 4 is 22.8 Å². The average Bonchev–Trinajstić information content (AvgIpc) is 3.17. The lowest BCUT2D eigenvalue weighted by Crippen LogP contribution is -2.31. The number of hydrogen-bond acceptors (Lipinski definition) is 3. The monoisotopic (exact) mass is 344 g/mol. The van der Waals surface area contributed by atoms with Crippen molar-refractivity contribution in [1.29, 1.82) is 0 Å². The van der Waals surface area contributed by atoms with Gasteiger partial charge in [0, 0.05) is 11.1 Å². The van der Waals surface area contributed by atoms with Crippen LogP contribution < -0.4 is 5.32 Å². The van der Waals surface area contributed by atoms with Crippen molar-refractivity contribution in [2.75, 3.05) is 0 Å². The molecule has 0 saturated carbocycles. The van der Waals surface area contributed by atoms with E-state index in [9.17, 15) is 14.0 Å². The Bertz CT molecular complexity index is 915. The minimum absolute atomic E-state index is 0.00607. The molecule has 2 heterocycles. The van der Waals surface area contributed by atoms with Crippen LogP contribution in [0.25, 0.3) is 10.9 Å². The van der Waals surface area contributed by atoms with Crippen molar-refractivity contribution in [3.63, 3.8) is 0 Å². The number of carbonyl (C=O) groups excluding carboxylic acids is 1. The van der Waals surface area contributed by atoms with E-state index >= 15 is 0 Å². The zero-order chi connectivity index (χ0) is 18.0. The maximum atomic E-state index is 13.8. The lowest BCUT2D eigenvalue weighted by molar-refractivity contribution is -0.137. The number of para-hydroxylation sites is 1. The fourth-order valence-electron chi connectivity index (χ4n) is 2.89. The number of furan rings is 1. The lowest BCUT2D eigenvalue weighted by Gasteiger charge is -2.14. The van der Waals surface area contributed by atoms with Crippen molar-refractivity contribution in [3.8, 4) is 0 Å². The SMILES string of the molecule is Cc1[nH]c2c(F)cccc2c1CC(=O)N[C@H](CC(=O)O)c1ccco1. The van der Waals surface area contributed by atoms with E-state index in [0.29, 0.717) is 27.9 Å². The number of amides is 1. The van der Waals surface area contributed by atoms with Gasteiger partial charge in [-0.3, -0.25) is 9.59 Å². The van der Waals surface area contributed by atoms with Crippen molar-refractivity contribution < 1.29 is 23.5 Å². The molecule has 3 N–H and O–H groups in total. The van der Waals surface area contributed by atoms with Gasteiger partial charge in [-0.25, -0.2) is 4.39 Å². The average molecular weight is 344 g/mol. The number of aromatic amines is 1. The summed E-state index contributed by atoms with van der Waals surface area (Å²) in [5.41, 5.74) is 1.74. The number of carbonyl (C=O) groups is 2. The second-order valence-electron chi connectivity index (χ2n) is 5.80. The number of carboxylic acids is 1. The molecule has 0 aliphatic heterocycles. The van der Waals surface area contributed by atoms with Gasteiger partial charge >= 0.3 is 5.97 Å². The maximum absolute atomic E-state index is 13.8. The number of aromatic nitrogens is 1. The molecule has 3 rings (SSSR count). The topological polar surface area (TPSA) is 95.3 Å². The number of rotatable bonds is 6. The van der Waals surface area contributed by atoms with E-state index in [1.54, 1.807) is 31.2 Å². The number of fused-ring (bicyclic) bond motifs is 1. The molecule has 0 bridgehead atoms. The maximum Gasteiger partial charge on any atom is 0.305 e. The zero-order valence-electron chi connectivity index (χ0n) is 13.5. The summed E-state index contributed by atoms with van der Waals surface area (Å²) in [4.78, 5) is 26.4. The summed E-state index contributed by atoms with van der Waals surface area (Å²) in [6.07, 6.45) is 1.13. The quantitative estimate of drug-likeness (QED) is 0.640. The van der Waals surface area contributed by atoms with Crippen LogP contribution in [0.15, 0.2) is 41.0 Å². The summed E-state index contributed by atoms with van der Waals surface area (Å²) < 4.78 is 19.1. The van der Waals surface area contributed by atoms with E-state index in [-0.39, 0.29) is 24.6 Å². The third-order valence-corrected chi connectivity index (χ3v) is 4.04. The number of H-pyrrole nitrogens is 1. The van der Waals surface area contributed by atoms with Crippen molar-refractivity contribution in [1.82, 2.24) is 10.3 Å². The van der Waals surface area contributed by atoms with Gasteiger partial charge in [0.25, 0.3) is 0 Å². The molecule has 1 aromatic carbocycles. The number of halogens is 1. The summed E-state index contributed by atoms with van der Waals surface area (Å²) in [6, 6.07) is 7.15. The summed E-state index contributed by atoms with van der Waals surface area (Å²) in [5.74, 6) is -1.42. The Morgan fingerprint density at radius 1 is 1.32 bits per heavy atom. The first-order valence-electron chi connectivity index (χ1n) is 7.76. The Morgan fingerprint density at radius 2 is 2.12 bits per heavy atom. The second kappa shape index (κ2) is 6.80. The van der Waals surface area contributed by atoms with Gasteiger partial charge in [-0.1, -0.05) is 12.1 Å². The Kier molecular flexibility index (Phi) is 4.56. The predicted octanol–water partition coefficient (Wildman–Crippen LogP) is 3.08. The number of carboxylic acid groups (broad SMARTS) is 1. The Balaban J connectivity index is 1.81. The number of benzene rings is 1. The Labute approximate surface area is 142 Å². The first-order chi connectivity index (χ1) is 12.0. The smallest absolute Gasteiger partial charge is 0.305 e. The number of hydrogen-bond donors (Lipinski definition) is 3. The zero-order valence-corrected chi connectivity index (χ0v) is 13.5. The van der Waals surface area contributed by atoms with Gasteiger partial charge in [0.1, 0.15) is 11.6 Å². The Hall–Kier alpha value is -3.09. The van der Waals surface area contributed by atoms with Crippen LogP contribution in [0.1, 0.15) is 29.5 Å². The molecule has 3 aromatic rings. The number of aryl methyl sites for hydroxylation is 1. The van der Waals surface area contributed by atoms with Crippen LogP contribution in [0.2, 0.25) is 0 Å². The Morgan fingerprint density at radius 3 is 2.80 bits per heavy atom. The fourth-order valence-corrected chi connectivity index (χ4v) is 2.89. The van der Waals surface area contributed by atoms with Gasteiger partial charge in [0.15, 0.2) is 0 Å². The summed E-state index contributed by atoms with van der Waals surface area (Å²) in [6.45, 7) is 1.77. The highest BCUT2D eigenvalue weighted by atomic mass is 19.1. The van der Waals surface area contributed by atoms with Crippen LogP contribution in [0, 0.1) is 12.7 Å². The first kappa shape index (κ1) is 16.8. The lowest BCUT2D eigenvalue weighted by atomic mass is 10.1. The minimum Gasteiger partial charge on any atom is -0.481 e. The molecule has 0 aliphatic rings. The van der Waals surface area contributed by atoms with Crippen LogP contribution >= 0.6 is 0 Å². The standard InChI is InChI=1S/C18H17FN2O4/c1-10-12(11-4-2-5-13(19)18(11)20-10)8-16(22)21-14(9-17(23)24)15-6-3-7-25-15/h2-7,14,20H,8-9H2,1H3,(H,21,22)(H,23,24)/t14-/m1/s1. The van der Waals surface area contributed by atoms with Gasteiger partial charge in [-0.2, -0.15) is 0 Å². The van der Waals surface area contributed by atoms with Gasteiger partial charge < -0.3 is 19.8 Å². The molecule has 6 nitrogen and oxygen atoms in total. The largest absolute Gasteiger partial charge is 0.481 e. The minimum atomic E-state index is -1.05. The molecule has 0 fully saturated rings. The van der Waals surface area contributed by atoms with Crippen molar-refractivity contribution in [2.24, 2.45) is 0 Å². The van der Waals surface area contributed by atoms with E-state index in [4.69, 9.17) is 9.52 Å². The molecule has 0 spiro atoms. The highest BCUT2D eigenvalue weighted by Gasteiger charge is 2.22. The first-order valence-corrected chi connectivity index (χ1v) is 7.76. The van der Waals surface area contributed by atoms with Crippen molar-refractivity contribution in [2.45, 2.75) is 25.8 Å². The molecule has 0 saturated heterocycles. The molecule has 130 valence electrons. The third kappa shape index (κ3) is 3.55. The molecule has 7 heteroatoms. The highest BCUT2D eigenvalue weighted by molar-refractivity contribution is 5.90. The van der Waals surface area contributed by atoms with Gasteiger partial charge in [-0.05, 0) is 30.7 Å². The fraction of sp³-hybridized carbons (Fsp3) is 0.222.